The molecule has 8 heteroatoms. The van der Waals surface area contributed by atoms with Crippen molar-refractivity contribution in [3.8, 4) is 0 Å². The summed E-state index contributed by atoms with van der Waals surface area (Å²) >= 11 is 0. The van der Waals surface area contributed by atoms with Crippen molar-refractivity contribution in [1.82, 2.24) is 9.97 Å². The van der Waals surface area contributed by atoms with Gasteiger partial charge in [-0.3, -0.25) is 0 Å². The van der Waals surface area contributed by atoms with Gasteiger partial charge in [-0.05, 0) is 19.3 Å². The zero-order valence-electron chi connectivity index (χ0n) is 10.4. The van der Waals surface area contributed by atoms with E-state index in [1.54, 1.807) is 7.05 Å². The largest absolute Gasteiger partial charge is 0.434 e. The molecular weight excluding hydrogens is 281 g/mol. The summed E-state index contributed by atoms with van der Waals surface area (Å²) in [6, 6.07) is 0.162. The van der Waals surface area contributed by atoms with Crippen molar-refractivity contribution in [2.45, 2.75) is 37.5 Å². The van der Waals surface area contributed by atoms with Crippen LogP contribution in [0.25, 0.3) is 0 Å². The van der Waals surface area contributed by atoms with Crippen molar-refractivity contribution in [2.75, 3.05) is 11.9 Å². The molecule has 1 heterocycles. The van der Waals surface area contributed by atoms with Gasteiger partial charge in [-0.25, -0.2) is 9.97 Å². The van der Waals surface area contributed by atoms with Crippen LogP contribution in [0.2, 0.25) is 0 Å². The molecule has 0 aliphatic heterocycles. The van der Waals surface area contributed by atoms with E-state index in [1.807, 2.05) is 4.90 Å². The third kappa shape index (κ3) is 3.48. The number of alkyl halides is 3. The summed E-state index contributed by atoms with van der Waals surface area (Å²) < 4.78 is 37.0. The van der Waals surface area contributed by atoms with Gasteiger partial charge < -0.3 is 10.6 Å². The molecule has 0 amide bonds. The Balaban J connectivity index is 0.00000180. The van der Waals surface area contributed by atoms with Crippen LogP contribution in [0.3, 0.4) is 0 Å². The van der Waals surface area contributed by atoms with Gasteiger partial charge in [-0.2, -0.15) is 13.2 Å². The Labute approximate surface area is 115 Å². The van der Waals surface area contributed by atoms with Gasteiger partial charge in [0.25, 0.3) is 0 Å². The number of halogens is 4. The van der Waals surface area contributed by atoms with Crippen molar-refractivity contribution in [3.63, 3.8) is 0 Å². The molecule has 1 unspecified atom stereocenters. The van der Waals surface area contributed by atoms with E-state index in [4.69, 9.17) is 5.73 Å². The van der Waals surface area contributed by atoms with Gasteiger partial charge in [0.05, 0.1) is 12.4 Å². The molecule has 4 nitrogen and oxygen atoms in total. The first-order valence-electron chi connectivity index (χ1n) is 5.77. The van der Waals surface area contributed by atoms with Crippen LogP contribution in [0.1, 0.15) is 25.0 Å². The van der Waals surface area contributed by atoms with Crippen molar-refractivity contribution in [2.24, 2.45) is 5.73 Å². The lowest BCUT2D eigenvalue weighted by molar-refractivity contribution is -0.141. The minimum absolute atomic E-state index is 0. The second kappa shape index (κ2) is 5.92. The number of hydrogen-bond donors (Lipinski definition) is 1. The van der Waals surface area contributed by atoms with Gasteiger partial charge in [0, 0.05) is 19.1 Å². The maximum atomic E-state index is 12.3. The summed E-state index contributed by atoms with van der Waals surface area (Å²) in [6.45, 7) is 0. The van der Waals surface area contributed by atoms with Crippen molar-refractivity contribution in [1.29, 1.82) is 0 Å². The Bertz CT molecular complexity index is 409. The molecule has 1 aromatic rings. The van der Waals surface area contributed by atoms with E-state index in [0.717, 1.165) is 31.7 Å². The van der Waals surface area contributed by atoms with Gasteiger partial charge in [0.1, 0.15) is 5.82 Å². The highest BCUT2D eigenvalue weighted by Crippen LogP contribution is 2.29. The SMILES string of the molecule is CN(c1cnc(C(F)(F)F)cn1)C1CCC[C@@H]1N.Cl. The molecule has 1 saturated carbocycles. The maximum absolute atomic E-state index is 12.3. The molecule has 0 aromatic carbocycles. The quantitative estimate of drug-likeness (QED) is 0.909. The van der Waals surface area contributed by atoms with Crippen LogP contribution >= 0.6 is 12.4 Å². The summed E-state index contributed by atoms with van der Waals surface area (Å²) in [5, 5.41) is 0. The van der Waals surface area contributed by atoms with Crippen molar-refractivity contribution < 1.29 is 13.2 Å². The zero-order valence-corrected chi connectivity index (χ0v) is 11.2. The number of hydrogen-bond acceptors (Lipinski definition) is 4. The highest BCUT2D eigenvalue weighted by molar-refractivity contribution is 5.85. The molecule has 0 spiro atoms. The topological polar surface area (TPSA) is 55.0 Å². The monoisotopic (exact) mass is 296 g/mol. The molecular formula is C11H16ClF3N4. The second-order valence-electron chi connectivity index (χ2n) is 4.53. The fourth-order valence-electron chi connectivity index (χ4n) is 2.27. The van der Waals surface area contributed by atoms with Crippen LogP contribution in [-0.2, 0) is 6.18 Å². The number of rotatable bonds is 2. The summed E-state index contributed by atoms with van der Waals surface area (Å²) in [6.07, 6.45) is 0.349. The first kappa shape index (κ1) is 16.0. The summed E-state index contributed by atoms with van der Waals surface area (Å²) in [5.41, 5.74) is 4.97. The highest BCUT2D eigenvalue weighted by Gasteiger charge is 2.33. The Morgan fingerprint density at radius 3 is 2.37 bits per heavy atom. The van der Waals surface area contributed by atoms with Crippen LogP contribution in [0.15, 0.2) is 12.4 Å². The molecule has 1 fully saturated rings. The highest BCUT2D eigenvalue weighted by atomic mass is 35.5. The minimum Gasteiger partial charge on any atom is -0.354 e. The molecule has 2 rings (SSSR count). The lowest BCUT2D eigenvalue weighted by atomic mass is 10.1. The molecule has 0 radical (unpaired) electrons. The Morgan fingerprint density at radius 1 is 1.26 bits per heavy atom. The van der Waals surface area contributed by atoms with Crippen LogP contribution in [0.5, 0.6) is 0 Å². The van der Waals surface area contributed by atoms with Gasteiger partial charge in [0.2, 0.25) is 0 Å². The predicted molar refractivity (Wildman–Crippen MR) is 68.3 cm³/mol. The second-order valence-corrected chi connectivity index (χ2v) is 4.53. The number of nitrogens with zero attached hydrogens (tertiary/aromatic N) is 3. The smallest absolute Gasteiger partial charge is 0.354 e. The van der Waals surface area contributed by atoms with Crippen molar-refractivity contribution in [3.05, 3.63) is 18.1 Å². The molecule has 1 aliphatic carbocycles. The van der Waals surface area contributed by atoms with E-state index in [0.29, 0.717) is 5.82 Å². The minimum atomic E-state index is -4.45. The summed E-state index contributed by atoms with van der Waals surface area (Å²) in [4.78, 5) is 9.02. The van der Waals surface area contributed by atoms with Crippen LogP contribution < -0.4 is 10.6 Å². The number of likely N-dealkylation sites (N-methyl/N-ethyl adjacent to an activating group) is 1. The average molecular weight is 297 g/mol. The van der Waals surface area contributed by atoms with Crippen LogP contribution in [0.4, 0.5) is 19.0 Å². The fraction of sp³-hybridized carbons (Fsp3) is 0.636. The number of aromatic nitrogens is 2. The van der Waals surface area contributed by atoms with E-state index in [1.165, 1.54) is 0 Å². The maximum Gasteiger partial charge on any atom is 0.434 e. The first-order valence-corrected chi connectivity index (χ1v) is 5.77. The third-order valence-corrected chi connectivity index (χ3v) is 3.32. The molecule has 1 aromatic heterocycles. The van der Waals surface area contributed by atoms with Crippen LogP contribution in [-0.4, -0.2) is 29.1 Å². The van der Waals surface area contributed by atoms with E-state index in [2.05, 4.69) is 9.97 Å². The standard InChI is InChI=1S/C11H15F3N4.ClH/c1-18(8-4-2-3-7(8)15)10-6-16-9(5-17-10)11(12,13)14;/h5-8H,2-4,15H2,1H3;1H/t7-,8?;/m0./s1. The van der Waals surface area contributed by atoms with Gasteiger partial charge in [-0.15, -0.1) is 12.4 Å². The number of nitrogens with two attached hydrogens (primary N) is 1. The molecule has 2 N–H and O–H groups in total. The molecule has 19 heavy (non-hydrogen) atoms. The first-order chi connectivity index (χ1) is 8.39. The normalized spacial score (nSPS) is 23.0. The van der Waals surface area contributed by atoms with Gasteiger partial charge >= 0.3 is 6.18 Å². The average Bonchev–Trinajstić information content (AvgIpc) is 2.73. The van der Waals surface area contributed by atoms with E-state index >= 15 is 0 Å². The molecule has 1 aliphatic rings. The number of anilines is 1. The molecule has 0 saturated heterocycles. The Kier molecular flexibility index (Phi) is 4.98. The van der Waals surface area contributed by atoms with E-state index in [9.17, 15) is 13.2 Å². The third-order valence-electron chi connectivity index (χ3n) is 3.32. The lowest BCUT2D eigenvalue weighted by Gasteiger charge is -2.28. The van der Waals surface area contributed by atoms with E-state index in [-0.39, 0.29) is 24.5 Å². The van der Waals surface area contributed by atoms with Gasteiger partial charge in [-0.1, -0.05) is 0 Å². The van der Waals surface area contributed by atoms with Gasteiger partial charge in [0.15, 0.2) is 5.69 Å². The summed E-state index contributed by atoms with van der Waals surface area (Å²) in [7, 11) is 1.78. The van der Waals surface area contributed by atoms with Crippen molar-refractivity contribution >= 4 is 18.2 Å². The molecule has 108 valence electrons. The summed E-state index contributed by atoms with van der Waals surface area (Å²) in [5.74, 6) is 0.422. The van der Waals surface area contributed by atoms with E-state index < -0.39 is 11.9 Å². The fourth-order valence-corrected chi connectivity index (χ4v) is 2.27. The van der Waals surface area contributed by atoms with Crippen LogP contribution in [0, 0.1) is 0 Å². The zero-order chi connectivity index (χ0) is 13.3. The Morgan fingerprint density at radius 2 is 1.95 bits per heavy atom. The predicted octanol–water partition coefficient (Wildman–Crippen LogP) is 2.23. The molecule has 2 atom stereocenters. The Hall–Kier alpha value is -1.08. The molecule has 0 bridgehead atoms. The lowest BCUT2D eigenvalue weighted by Crippen LogP contribution is -2.42.